The highest BCUT2D eigenvalue weighted by Gasteiger charge is 2.05. The summed E-state index contributed by atoms with van der Waals surface area (Å²) >= 11 is 1.64. The third-order valence-corrected chi connectivity index (χ3v) is 4.35. The number of hydrogen-bond acceptors (Lipinski definition) is 4. The number of carbonyl (C=O) groups excluding carboxylic acids is 1. The van der Waals surface area contributed by atoms with E-state index < -0.39 is 5.97 Å². The van der Waals surface area contributed by atoms with Crippen LogP contribution in [0.25, 0.3) is 0 Å². The van der Waals surface area contributed by atoms with Gasteiger partial charge in [-0.1, -0.05) is 12.1 Å². The van der Waals surface area contributed by atoms with Gasteiger partial charge in [0, 0.05) is 22.7 Å². The summed E-state index contributed by atoms with van der Waals surface area (Å²) in [7, 11) is 0. The monoisotopic (exact) mass is 347 g/mol. The first-order valence-electron chi connectivity index (χ1n) is 7.78. The lowest BCUT2D eigenvalue weighted by Crippen LogP contribution is -2.24. The van der Waals surface area contributed by atoms with Crippen molar-refractivity contribution in [1.82, 2.24) is 5.32 Å². The number of thiophene rings is 1. The SMILES string of the molecule is Cc1ccc(CC(=O)NCc2ccc(OCCCC(=O)O)cc2)s1. The molecule has 1 aromatic carbocycles. The molecular formula is C18H21NO4S. The zero-order chi connectivity index (χ0) is 17.4. The summed E-state index contributed by atoms with van der Waals surface area (Å²) in [5, 5.41) is 11.5. The molecule has 1 amide bonds. The lowest BCUT2D eigenvalue weighted by Gasteiger charge is -2.08. The van der Waals surface area contributed by atoms with E-state index in [9.17, 15) is 9.59 Å². The van der Waals surface area contributed by atoms with Crippen molar-refractivity contribution in [3.05, 3.63) is 51.7 Å². The van der Waals surface area contributed by atoms with Gasteiger partial charge in [-0.2, -0.15) is 0 Å². The number of aliphatic carboxylic acids is 1. The number of hydrogen-bond donors (Lipinski definition) is 2. The third kappa shape index (κ3) is 6.42. The van der Waals surface area contributed by atoms with Crippen molar-refractivity contribution in [2.75, 3.05) is 6.61 Å². The Labute approximate surface area is 145 Å². The van der Waals surface area contributed by atoms with Crippen molar-refractivity contribution in [2.24, 2.45) is 0 Å². The van der Waals surface area contributed by atoms with E-state index in [0.29, 0.717) is 31.7 Å². The molecule has 0 aliphatic heterocycles. The van der Waals surface area contributed by atoms with E-state index in [-0.39, 0.29) is 12.3 Å². The maximum atomic E-state index is 11.9. The minimum absolute atomic E-state index is 0.00541. The number of ether oxygens (including phenoxy) is 1. The summed E-state index contributed by atoms with van der Waals surface area (Å²) in [4.78, 5) is 24.6. The van der Waals surface area contributed by atoms with Crippen LogP contribution in [-0.2, 0) is 22.6 Å². The number of carbonyl (C=O) groups is 2. The summed E-state index contributed by atoms with van der Waals surface area (Å²) in [5.41, 5.74) is 0.989. The molecule has 0 bridgehead atoms. The van der Waals surface area contributed by atoms with Gasteiger partial charge in [-0.3, -0.25) is 9.59 Å². The molecule has 128 valence electrons. The quantitative estimate of drug-likeness (QED) is 0.683. The average molecular weight is 347 g/mol. The van der Waals surface area contributed by atoms with Gasteiger partial charge in [-0.15, -0.1) is 11.3 Å². The lowest BCUT2D eigenvalue weighted by molar-refractivity contribution is -0.137. The van der Waals surface area contributed by atoms with Crippen LogP contribution in [0.4, 0.5) is 0 Å². The van der Waals surface area contributed by atoms with Crippen LogP contribution in [0.15, 0.2) is 36.4 Å². The Bertz CT molecular complexity index is 679. The molecular weight excluding hydrogens is 326 g/mol. The van der Waals surface area contributed by atoms with Gasteiger partial charge < -0.3 is 15.2 Å². The number of carboxylic acids is 1. The number of benzene rings is 1. The Hall–Kier alpha value is -2.34. The number of rotatable bonds is 9. The molecule has 0 fully saturated rings. The number of carboxylic acid groups (broad SMARTS) is 1. The van der Waals surface area contributed by atoms with Gasteiger partial charge >= 0.3 is 5.97 Å². The highest BCUT2D eigenvalue weighted by atomic mass is 32.1. The highest BCUT2D eigenvalue weighted by Crippen LogP contribution is 2.16. The topological polar surface area (TPSA) is 75.6 Å². The fourth-order valence-electron chi connectivity index (χ4n) is 2.12. The number of aryl methyl sites for hydroxylation is 1. The van der Waals surface area contributed by atoms with Crippen LogP contribution in [0.2, 0.25) is 0 Å². The Kier molecular flexibility index (Phi) is 6.81. The predicted molar refractivity (Wildman–Crippen MR) is 93.4 cm³/mol. The minimum atomic E-state index is -0.817. The molecule has 1 aromatic heterocycles. The summed E-state index contributed by atoms with van der Waals surface area (Å²) in [5.74, 6) is -0.113. The van der Waals surface area contributed by atoms with Crippen LogP contribution in [0, 0.1) is 6.92 Å². The van der Waals surface area contributed by atoms with Crippen molar-refractivity contribution in [1.29, 1.82) is 0 Å². The van der Waals surface area contributed by atoms with Crippen LogP contribution < -0.4 is 10.1 Å². The Morgan fingerprint density at radius 2 is 1.92 bits per heavy atom. The molecule has 2 N–H and O–H groups in total. The molecule has 0 aliphatic rings. The van der Waals surface area contributed by atoms with Gasteiger partial charge in [0.2, 0.25) is 5.91 Å². The van der Waals surface area contributed by atoms with Crippen molar-refractivity contribution in [3.8, 4) is 5.75 Å². The van der Waals surface area contributed by atoms with Gasteiger partial charge in [0.05, 0.1) is 13.0 Å². The summed E-state index contributed by atoms with van der Waals surface area (Å²) in [6.45, 7) is 2.88. The van der Waals surface area contributed by atoms with E-state index in [1.165, 1.54) is 4.88 Å². The molecule has 2 aromatic rings. The van der Waals surface area contributed by atoms with Crippen molar-refractivity contribution < 1.29 is 19.4 Å². The van der Waals surface area contributed by atoms with Crippen LogP contribution in [0.5, 0.6) is 5.75 Å². The molecule has 0 saturated carbocycles. The lowest BCUT2D eigenvalue weighted by atomic mass is 10.2. The molecule has 1 heterocycles. The van der Waals surface area contributed by atoms with E-state index in [4.69, 9.17) is 9.84 Å². The summed E-state index contributed by atoms with van der Waals surface area (Å²) in [6.07, 6.45) is 0.993. The number of nitrogens with one attached hydrogen (secondary N) is 1. The van der Waals surface area contributed by atoms with E-state index in [2.05, 4.69) is 5.32 Å². The smallest absolute Gasteiger partial charge is 0.303 e. The fraction of sp³-hybridized carbons (Fsp3) is 0.333. The molecule has 0 saturated heterocycles. The number of amides is 1. The van der Waals surface area contributed by atoms with Crippen molar-refractivity contribution in [3.63, 3.8) is 0 Å². The first-order valence-corrected chi connectivity index (χ1v) is 8.60. The normalized spacial score (nSPS) is 10.4. The minimum Gasteiger partial charge on any atom is -0.494 e. The van der Waals surface area contributed by atoms with E-state index in [0.717, 1.165) is 10.4 Å². The third-order valence-electron chi connectivity index (χ3n) is 3.35. The average Bonchev–Trinajstić information content (AvgIpc) is 2.95. The summed E-state index contributed by atoms with van der Waals surface area (Å²) < 4.78 is 5.47. The van der Waals surface area contributed by atoms with Gasteiger partial charge in [-0.25, -0.2) is 0 Å². The Morgan fingerprint density at radius 3 is 2.54 bits per heavy atom. The highest BCUT2D eigenvalue weighted by molar-refractivity contribution is 7.12. The molecule has 0 spiro atoms. The molecule has 0 unspecified atom stereocenters. The second-order valence-corrected chi connectivity index (χ2v) is 6.83. The first-order chi connectivity index (χ1) is 11.5. The molecule has 0 atom stereocenters. The molecule has 0 radical (unpaired) electrons. The molecule has 24 heavy (non-hydrogen) atoms. The maximum Gasteiger partial charge on any atom is 0.303 e. The maximum absolute atomic E-state index is 11.9. The van der Waals surface area contributed by atoms with Gasteiger partial charge in [0.1, 0.15) is 5.75 Å². The predicted octanol–water partition coefficient (Wildman–Crippen LogP) is 3.16. The van der Waals surface area contributed by atoms with Crippen LogP contribution >= 0.6 is 11.3 Å². The molecule has 0 aliphatic carbocycles. The van der Waals surface area contributed by atoms with Gasteiger partial charge in [0.25, 0.3) is 0 Å². The molecule has 2 rings (SSSR count). The Balaban J connectivity index is 1.71. The second kappa shape index (κ2) is 9.08. The first kappa shape index (κ1) is 18.0. The van der Waals surface area contributed by atoms with Crippen LogP contribution in [-0.4, -0.2) is 23.6 Å². The summed E-state index contributed by atoms with van der Waals surface area (Å²) in [6, 6.07) is 11.4. The van der Waals surface area contributed by atoms with E-state index >= 15 is 0 Å². The molecule has 6 heteroatoms. The fourth-order valence-corrected chi connectivity index (χ4v) is 3.01. The van der Waals surface area contributed by atoms with Crippen molar-refractivity contribution in [2.45, 2.75) is 32.7 Å². The van der Waals surface area contributed by atoms with E-state index in [1.807, 2.05) is 43.3 Å². The second-order valence-electron chi connectivity index (χ2n) is 5.46. The largest absolute Gasteiger partial charge is 0.494 e. The molecule has 5 nitrogen and oxygen atoms in total. The van der Waals surface area contributed by atoms with Gasteiger partial charge in [-0.05, 0) is 43.2 Å². The van der Waals surface area contributed by atoms with E-state index in [1.54, 1.807) is 11.3 Å². The van der Waals surface area contributed by atoms with Crippen LogP contribution in [0.1, 0.15) is 28.2 Å². The zero-order valence-corrected chi connectivity index (χ0v) is 14.4. The Morgan fingerprint density at radius 1 is 1.17 bits per heavy atom. The standard InChI is InChI=1S/C18H21NO4S/c1-13-4-9-16(24-13)11-17(20)19-12-14-5-7-15(8-6-14)23-10-2-3-18(21)22/h4-9H,2-3,10-12H2,1H3,(H,19,20)(H,21,22). The zero-order valence-electron chi connectivity index (χ0n) is 13.6. The van der Waals surface area contributed by atoms with Crippen molar-refractivity contribution >= 4 is 23.2 Å². The van der Waals surface area contributed by atoms with Gasteiger partial charge in [0.15, 0.2) is 0 Å². The van der Waals surface area contributed by atoms with Crippen LogP contribution in [0.3, 0.4) is 0 Å².